The second kappa shape index (κ2) is 15.2. The lowest BCUT2D eigenvalue weighted by Gasteiger charge is -2.30. The zero-order chi connectivity index (χ0) is 39.8. The number of rotatable bonds is 8. The first-order valence-corrected chi connectivity index (χ1v) is 20.3. The Morgan fingerprint density at radius 2 is 0.881 bits per heavy atom. The second-order valence-electron chi connectivity index (χ2n) is 15.9. The van der Waals surface area contributed by atoms with Gasteiger partial charge in [-0.3, -0.25) is 0 Å². The van der Waals surface area contributed by atoms with Crippen LogP contribution in [-0.2, 0) is 5.41 Å². The van der Waals surface area contributed by atoms with Gasteiger partial charge in [-0.2, -0.15) is 0 Å². The molecular weight excluding hydrogens is 717 g/mol. The number of nitrogens with zero attached hydrogens (tertiary/aromatic N) is 4. The third-order valence-electron chi connectivity index (χ3n) is 11.7. The van der Waals surface area contributed by atoms with Crippen molar-refractivity contribution in [2.75, 3.05) is 0 Å². The van der Waals surface area contributed by atoms with Crippen molar-refractivity contribution in [3.8, 4) is 56.4 Å². The summed E-state index contributed by atoms with van der Waals surface area (Å²) in [5.41, 5.74) is 11.2. The third-order valence-corrected chi connectivity index (χ3v) is 11.7. The van der Waals surface area contributed by atoms with Crippen LogP contribution < -0.4 is 0 Å². The molecule has 0 N–H and O–H groups in total. The van der Waals surface area contributed by atoms with Crippen molar-refractivity contribution in [3.63, 3.8) is 0 Å². The van der Waals surface area contributed by atoms with E-state index in [0.29, 0.717) is 5.82 Å². The molecule has 59 heavy (non-hydrogen) atoms. The summed E-state index contributed by atoms with van der Waals surface area (Å²) in [5, 5.41) is 4.82. The van der Waals surface area contributed by atoms with E-state index in [-0.39, 0.29) is 11.3 Å². The fraction of sp³-hybridized carbons (Fsp3) is 0.0909. The molecule has 4 heteroatoms. The molecule has 10 rings (SSSR count). The summed E-state index contributed by atoms with van der Waals surface area (Å²) in [5.74, 6) is 1.61. The highest BCUT2D eigenvalue weighted by Crippen LogP contribution is 2.39. The molecule has 0 fully saturated rings. The van der Waals surface area contributed by atoms with E-state index in [9.17, 15) is 0 Å². The lowest BCUT2D eigenvalue weighted by Crippen LogP contribution is -2.21. The number of hydrogen-bond acceptors (Lipinski definition) is 4. The molecule has 0 saturated carbocycles. The Balaban J connectivity index is 0.938. The summed E-state index contributed by atoms with van der Waals surface area (Å²) in [7, 11) is 0. The number of allylic oxidation sites excluding steroid dienone is 4. The van der Waals surface area contributed by atoms with E-state index in [4.69, 9.17) is 19.9 Å². The van der Waals surface area contributed by atoms with Crippen LogP contribution in [0.4, 0.5) is 0 Å². The third kappa shape index (κ3) is 7.26. The molecule has 1 aliphatic rings. The Kier molecular flexibility index (Phi) is 9.31. The van der Waals surface area contributed by atoms with Gasteiger partial charge in [-0.1, -0.05) is 190 Å². The Bertz CT molecular complexity index is 3040. The molecule has 0 spiro atoms. The van der Waals surface area contributed by atoms with Crippen molar-refractivity contribution in [1.82, 2.24) is 19.9 Å². The van der Waals surface area contributed by atoms with E-state index in [0.717, 1.165) is 62.8 Å². The molecule has 0 radical (unpaired) electrons. The molecule has 7 aromatic carbocycles. The smallest absolute Gasteiger partial charge is 0.160 e. The van der Waals surface area contributed by atoms with E-state index in [2.05, 4.69) is 202 Å². The van der Waals surface area contributed by atoms with Crippen LogP contribution in [0.5, 0.6) is 0 Å². The summed E-state index contributed by atoms with van der Waals surface area (Å²) in [6.07, 6.45) is 7.76. The van der Waals surface area contributed by atoms with Crippen LogP contribution in [0, 0.1) is 0 Å². The summed E-state index contributed by atoms with van der Waals surface area (Å²) < 4.78 is 0. The molecule has 2 heterocycles. The van der Waals surface area contributed by atoms with E-state index >= 15 is 0 Å². The second-order valence-corrected chi connectivity index (χ2v) is 15.9. The molecule has 1 atom stereocenters. The van der Waals surface area contributed by atoms with Gasteiger partial charge in [0.1, 0.15) is 5.82 Å². The lowest BCUT2D eigenvalue weighted by atomic mass is 9.74. The molecule has 0 aliphatic heterocycles. The van der Waals surface area contributed by atoms with Crippen LogP contribution in [0.3, 0.4) is 0 Å². The molecule has 1 aliphatic carbocycles. The van der Waals surface area contributed by atoms with E-state index in [1.807, 2.05) is 12.1 Å². The van der Waals surface area contributed by atoms with Crippen LogP contribution in [-0.4, -0.2) is 19.9 Å². The minimum atomic E-state index is -0.230. The first-order valence-electron chi connectivity index (χ1n) is 20.3. The van der Waals surface area contributed by atoms with E-state index in [1.54, 1.807) is 0 Å². The maximum Gasteiger partial charge on any atom is 0.160 e. The normalized spacial score (nSPS) is 14.1. The van der Waals surface area contributed by atoms with Gasteiger partial charge in [0.05, 0.1) is 22.8 Å². The minimum Gasteiger partial charge on any atom is -0.232 e. The van der Waals surface area contributed by atoms with Crippen molar-refractivity contribution in [2.45, 2.75) is 31.6 Å². The monoisotopic (exact) mass is 758 g/mol. The van der Waals surface area contributed by atoms with Gasteiger partial charge >= 0.3 is 0 Å². The molecule has 9 aromatic rings. The molecule has 2 aromatic heterocycles. The number of fused-ring (bicyclic) bond motifs is 2. The highest BCUT2D eigenvalue weighted by Gasteiger charge is 2.27. The van der Waals surface area contributed by atoms with Crippen molar-refractivity contribution in [1.29, 1.82) is 0 Å². The van der Waals surface area contributed by atoms with Crippen LogP contribution in [0.15, 0.2) is 206 Å². The zero-order valence-electron chi connectivity index (χ0n) is 33.1. The van der Waals surface area contributed by atoms with Gasteiger partial charge in [0.25, 0.3) is 0 Å². The van der Waals surface area contributed by atoms with Crippen LogP contribution in [0.25, 0.3) is 78.0 Å². The molecule has 0 saturated heterocycles. The molecule has 1 unspecified atom stereocenters. The minimum absolute atomic E-state index is 0.0608. The predicted octanol–water partition coefficient (Wildman–Crippen LogP) is 13.9. The molecule has 282 valence electrons. The van der Waals surface area contributed by atoms with Gasteiger partial charge in [-0.05, 0) is 63.4 Å². The Labute approximate surface area is 345 Å². The first kappa shape index (κ1) is 36.1. The summed E-state index contributed by atoms with van der Waals surface area (Å²) in [6.45, 7) is 4.60. The fourth-order valence-electron chi connectivity index (χ4n) is 8.19. The average Bonchev–Trinajstić information content (AvgIpc) is 3.31. The van der Waals surface area contributed by atoms with E-state index < -0.39 is 0 Å². The highest BCUT2D eigenvalue weighted by atomic mass is 14.9. The summed E-state index contributed by atoms with van der Waals surface area (Å²) >= 11 is 0. The quantitative estimate of drug-likeness (QED) is 0.155. The van der Waals surface area contributed by atoms with Gasteiger partial charge in [0.2, 0.25) is 0 Å². The zero-order valence-corrected chi connectivity index (χ0v) is 33.1. The maximum absolute atomic E-state index is 5.20. The molecule has 4 nitrogen and oxygen atoms in total. The molecule has 0 bridgehead atoms. The maximum atomic E-state index is 5.20. The van der Waals surface area contributed by atoms with Crippen molar-refractivity contribution < 1.29 is 0 Å². The van der Waals surface area contributed by atoms with Crippen molar-refractivity contribution >= 4 is 21.5 Å². The largest absolute Gasteiger partial charge is 0.232 e. The van der Waals surface area contributed by atoms with Gasteiger partial charge in [0.15, 0.2) is 5.82 Å². The number of aromatic nitrogens is 4. The molecular formula is C55H42N4. The SMILES string of the molecule is CC(C)(C1=CCC(c2nc(-c3ccccc3)cc(-c3ccc4ccccc4c3)n2)C=C1)c1ccc(-c2nc(-c3ccccc3)cc(-c3ccc4ccccc4c3)n2)cc1. The summed E-state index contributed by atoms with van der Waals surface area (Å²) in [6, 6.07) is 63.8. The van der Waals surface area contributed by atoms with Crippen LogP contribution >= 0.6 is 0 Å². The number of hydrogen-bond donors (Lipinski definition) is 0. The van der Waals surface area contributed by atoms with Crippen LogP contribution in [0.1, 0.15) is 37.6 Å². The van der Waals surface area contributed by atoms with Gasteiger partial charge < -0.3 is 0 Å². The van der Waals surface area contributed by atoms with Gasteiger partial charge in [-0.25, -0.2) is 19.9 Å². The van der Waals surface area contributed by atoms with E-state index in [1.165, 1.54) is 32.7 Å². The number of benzene rings is 7. The average molecular weight is 759 g/mol. The van der Waals surface area contributed by atoms with Gasteiger partial charge in [-0.15, -0.1) is 0 Å². The Morgan fingerprint density at radius 1 is 0.424 bits per heavy atom. The predicted molar refractivity (Wildman–Crippen MR) is 244 cm³/mol. The lowest BCUT2D eigenvalue weighted by molar-refractivity contribution is 0.623. The van der Waals surface area contributed by atoms with Crippen molar-refractivity contribution in [3.05, 3.63) is 217 Å². The standard InChI is InChI=1S/C55H42N4/c1-55(2,47-29-25-41(26-30-47)53-56-49(39-15-5-3-6-16-39)35-51(58-53)45-23-21-37-13-9-11-19-43(37)33-45)48-31-27-42(28-32-48)54-57-50(40-17-7-4-8-18-40)36-52(59-54)46-24-22-38-14-10-12-20-44(38)34-46/h3-27,29-36,42H,28H2,1-2H3. The van der Waals surface area contributed by atoms with Crippen molar-refractivity contribution in [2.24, 2.45) is 0 Å². The summed E-state index contributed by atoms with van der Waals surface area (Å²) in [4.78, 5) is 20.6. The first-order chi connectivity index (χ1) is 28.9. The van der Waals surface area contributed by atoms with Gasteiger partial charge in [0, 0.05) is 39.2 Å². The topological polar surface area (TPSA) is 51.6 Å². The Hall–Kier alpha value is -7.30. The molecule has 0 amide bonds. The van der Waals surface area contributed by atoms with Crippen LogP contribution in [0.2, 0.25) is 0 Å². The Morgan fingerprint density at radius 3 is 1.41 bits per heavy atom. The fourth-order valence-corrected chi connectivity index (χ4v) is 8.19. The highest BCUT2D eigenvalue weighted by molar-refractivity contribution is 5.88.